The van der Waals surface area contributed by atoms with Crippen molar-refractivity contribution in [3.63, 3.8) is 0 Å². The minimum absolute atomic E-state index is 0.0148. The van der Waals surface area contributed by atoms with Crippen LogP contribution in [0.2, 0.25) is 0 Å². The van der Waals surface area contributed by atoms with Gasteiger partial charge in [-0.3, -0.25) is 4.79 Å². The number of rotatable bonds is 4. The Morgan fingerprint density at radius 1 is 1.39 bits per heavy atom. The number of aliphatic hydroxyl groups is 1. The van der Waals surface area contributed by atoms with E-state index in [0.29, 0.717) is 13.0 Å². The van der Waals surface area contributed by atoms with E-state index in [2.05, 4.69) is 21.2 Å². The quantitative estimate of drug-likeness (QED) is 0.896. The van der Waals surface area contributed by atoms with Crippen molar-refractivity contribution in [1.29, 1.82) is 0 Å². The van der Waals surface area contributed by atoms with E-state index in [4.69, 9.17) is 0 Å². The average molecular weight is 312 g/mol. The van der Waals surface area contributed by atoms with E-state index in [1.54, 1.807) is 0 Å². The van der Waals surface area contributed by atoms with Crippen LogP contribution in [0.15, 0.2) is 28.7 Å². The molecule has 2 N–H and O–H groups in total. The van der Waals surface area contributed by atoms with E-state index in [1.807, 2.05) is 24.3 Å². The molecule has 4 heteroatoms. The lowest BCUT2D eigenvalue weighted by atomic mass is 10.1. The average Bonchev–Trinajstić information content (AvgIpc) is 2.75. The maximum absolute atomic E-state index is 11.8. The van der Waals surface area contributed by atoms with E-state index in [9.17, 15) is 9.90 Å². The monoisotopic (exact) mass is 311 g/mol. The molecule has 0 radical (unpaired) electrons. The molecule has 2 atom stereocenters. The van der Waals surface area contributed by atoms with Gasteiger partial charge in [-0.2, -0.15) is 0 Å². The van der Waals surface area contributed by atoms with Gasteiger partial charge in [0.25, 0.3) is 0 Å². The molecule has 1 aliphatic carbocycles. The second kappa shape index (κ2) is 6.34. The summed E-state index contributed by atoms with van der Waals surface area (Å²) < 4.78 is 0.959. The second-order valence-corrected chi connectivity index (χ2v) is 5.68. The Morgan fingerprint density at radius 2 is 2.17 bits per heavy atom. The van der Waals surface area contributed by atoms with Crippen molar-refractivity contribution in [2.75, 3.05) is 6.54 Å². The summed E-state index contributed by atoms with van der Waals surface area (Å²) in [6.45, 7) is 0.588. The van der Waals surface area contributed by atoms with Crippen LogP contribution in [0.5, 0.6) is 0 Å². The fourth-order valence-electron chi connectivity index (χ4n) is 2.38. The minimum Gasteiger partial charge on any atom is -0.393 e. The highest BCUT2D eigenvalue weighted by Crippen LogP contribution is 2.24. The van der Waals surface area contributed by atoms with Crippen molar-refractivity contribution >= 4 is 21.8 Å². The lowest BCUT2D eigenvalue weighted by Gasteiger charge is -2.15. The fourth-order valence-corrected chi connectivity index (χ4v) is 2.80. The van der Waals surface area contributed by atoms with Crippen LogP contribution < -0.4 is 5.32 Å². The van der Waals surface area contributed by atoms with Crippen molar-refractivity contribution in [2.45, 2.75) is 31.8 Å². The Labute approximate surface area is 116 Å². The molecule has 98 valence electrons. The van der Waals surface area contributed by atoms with Gasteiger partial charge in [-0.1, -0.05) is 40.5 Å². The van der Waals surface area contributed by atoms with Crippen LogP contribution in [0, 0.1) is 5.92 Å². The van der Waals surface area contributed by atoms with E-state index in [1.165, 1.54) is 0 Å². The van der Waals surface area contributed by atoms with E-state index in [-0.39, 0.29) is 17.9 Å². The summed E-state index contributed by atoms with van der Waals surface area (Å²) in [7, 11) is 0. The first kappa shape index (κ1) is 13.6. The van der Waals surface area contributed by atoms with Gasteiger partial charge in [0.15, 0.2) is 0 Å². The van der Waals surface area contributed by atoms with Gasteiger partial charge in [-0.25, -0.2) is 0 Å². The Balaban J connectivity index is 1.80. The minimum atomic E-state index is -0.242. The summed E-state index contributed by atoms with van der Waals surface area (Å²) in [5.41, 5.74) is 0.988. The van der Waals surface area contributed by atoms with Crippen LogP contribution in [-0.4, -0.2) is 23.7 Å². The summed E-state index contributed by atoms with van der Waals surface area (Å²) >= 11 is 3.43. The van der Waals surface area contributed by atoms with Crippen LogP contribution in [0.25, 0.3) is 0 Å². The van der Waals surface area contributed by atoms with Gasteiger partial charge >= 0.3 is 0 Å². The van der Waals surface area contributed by atoms with Gasteiger partial charge in [0.1, 0.15) is 0 Å². The molecule has 0 heterocycles. The van der Waals surface area contributed by atoms with Crippen molar-refractivity contribution in [3.05, 3.63) is 34.3 Å². The van der Waals surface area contributed by atoms with E-state index < -0.39 is 0 Å². The molecule has 2 rings (SSSR count). The standard InChI is InChI=1S/C14H18BrNO2/c15-12-6-2-1-4-10(12)8-14(18)16-9-11-5-3-7-13(11)17/h1-2,4,6,11,13,17H,3,5,7-9H2,(H,16,18). The number of carbonyl (C=O) groups excluding carboxylic acids is 1. The number of hydrogen-bond donors (Lipinski definition) is 2. The topological polar surface area (TPSA) is 49.3 Å². The molecular weight excluding hydrogens is 294 g/mol. The van der Waals surface area contributed by atoms with Crippen LogP contribution in [0.4, 0.5) is 0 Å². The summed E-state index contributed by atoms with van der Waals surface area (Å²) in [6.07, 6.45) is 3.08. The highest BCUT2D eigenvalue weighted by atomic mass is 79.9. The highest BCUT2D eigenvalue weighted by molar-refractivity contribution is 9.10. The van der Waals surface area contributed by atoms with Gasteiger partial charge < -0.3 is 10.4 Å². The van der Waals surface area contributed by atoms with Crippen LogP contribution in [0.3, 0.4) is 0 Å². The number of nitrogens with one attached hydrogen (secondary N) is 1. The molecule has 1 aromatic carbocycles. The van der Waals surface area contributed by atoms with Gasteiger partial charge in [0.05, 0.1) is 12.5 Å². The molecule has 0 bridgehead atoms. The van der Waals surface area contributed by atoms with Gasteiger partial charge in [-0.05, 0) is 24.5 Å². The molecule has 1 aromatic rings. The van der Waals surface area contributed by atoms with Crippen molar-refractivity contribution in [2.24, 2.45) is 5.92 Å². The third-order valence-corrected chi connectivity index (χ3v) is 4.26. The zero-order valence-corrected chi connectivity index (χ0v) is 11.8. The molecule has 0 aliphatic heterocycles. The first-order valence-electron chi connectivity index (χ1n) is 6.35. The smallest absolute Gasteiger partial charge is 0.224 e. The van der Waals surface area contributed by atoms with Crippen LogP contribution >= 0.6 is 15.9 Å². The second-order valence-electron chi connectivity index (χ2n) is 4.83. The lowest BCUT2D eigenvalue weighted by molar-refractivity contribution is -0.120. The van der Waals surface area contributed by atoms with Crippen LogP contribution in [0.1, 0.15) is 24.8 Å². The van der Waals surface area contributed by atoms with Crippen molar-refractivity contribution in [1.82, 2.24) is 5.32 Å². The Bertz CT molecular complexity index is 422. The van der Waals surface area contributed by atoms with Crippen molar-refractivity contribution < 1.29 is 9.90 Å². The number of carbonyl (C=O) groups is 1. The van der Waals surface area contributed by atoms with E-state index >= 15 is 0 Å². The van der Waals surface area contributed by atoms with E-state index in [0.717, 1.165) is 29.3 Å². The maximum atomic E-state index is 11.8. The predicted molar refractivity (Wildman–Crippen MR) is 74.2 cm³/mol. The highest BCUT2D eigenvalue weighted by Gasteiger charge is 2.25. The molecule has 1 fully saturated rings. The fraction of sp³-hybridized carbons (Fsp3) is 0.500. The molecule has 1 aliphatic rings. The Kier molecular flexibility index (Phi) is 4.78. The molecule has 18 heavy (non-hydrogen) atoms. The number of aliphatic hydroxyl groups excluding tert-OH is 1. The number of amides is 1. The van der Waals surface area contributed by atoms with Crippen LogP contribution in [-0.2, 0) is 11.2 Å². The Morgan fingerprint density at radius 3 is 2.83 bits per heavy atom. The number of halogens is 1. The molecule has 0 saturated heterocycles. The zero-order valence-electron chi connectivity index (χ0n) is 10.2. The Hall–Kier alpha value is -0.870. The molecule has 1 saturated carbocycles. The van der Waals surface area contributed by atoms with Gasteiger partial charge in [0, 0.05) is 16.9 Å². The molecule has 2 unspecified atom stereocenters. The van der Waals surface area contributed by atoms with Gasteiger partial charge in [-0.15, -0.1) is 0 Å². The summed E-state index contributed by atoms with van der Waals surface area (Å²) in [5, 5.41) is 12.6. The first-order valence-corrected chi connectivity index (χ1v) is 7.14. The predicted octanol–water partition coefficient (Wildman–Crippen LogP) is 2.27. The molecule has 0 aromatic heterocycles. The number of hydrogen-bond acceptors (Lipinski definition) is 2. The molecule has 3 nitrogen and oxygen atoms in total. The molecule has 1 amide bonds. The SMILES string of the molecule is O=C(Cc1ccccc1Br)NCC1CCCC1O. The summed E-state index contributed by atoms with van der Waals surface area (Å²) in [5.74, 6) is 0.245. The molecule has 0 spiro atoms. The first-order chi connectivity index (χ1) is 8.66. The maximum Gasteiger partial charge on any atom is 0.224 e. The normalized spacial score (nSPS) is 23.0. The lowest BCUT2D eigenvalue weighted by Crippen LogP contribution is -2.33. The summed E-state index contributed by atoms with van der Waals surface area (Å²) in [4.78, 5) is 11.8. The summed E-state index contributed by atoms with van der Waals surface area (Å²) in [6, 6.07) is 7.73. The third-order valence-electron chi connectivity index (χ3n) is 3.49. The third kappa shape index (κ3) is 3.56. The largest absolute Gasteiger partial charge is 0.393 e. The number of benzene rings is 1. The molecular formula is C14H18BrNO2. The van der Waals surface area contributed by atoms with Crippen molar-refractivity contribution in [3.8, 4) is 0 Å². The van der Waals surface area contributed by atoms with Gasteiger partial charge in [0.2, 0.25) is 5.91 Å². The zero-order chi connectivity index (χ0) is 13.0.